The maximum atomic E-state index is 13.9. The molecular weight excluding hydrogens is 254 g/mol. The van der Waals surface area contributed by atoms with E-state index in [1.807, 2.05) is 30.3 Å². The van der Waals surface area contributed by atoms with E-state index in [2.05, 4.69) is 6.58 Å². The molecule has 0 spiro atoms. The minimum Gasteiger partial charge on any atom is -0.203 e. The highest BCUT2D eigenvalue weighted by Crippen LogP contribution is 2.26. The van der Waals surface area contributed by atoms with Gasteiger partial charge in [0.1, 0.15) is 0 Å². The van der Waals surface area contributed by atoms with Crippen molar-refractivity contribution in [2.24, 2.45) is 0 Å². The largest absolute Gasteiger partial charge is 0.203 e. The fourth-order valence-corrected chi connectivity index (χ4v) is 1.99. The Balaban J connectivity index is 0.00000200. The predicted octanol–water partition coefficient (Wildman–Crippen LogP) is 5.69. The fraction of sp³-hybridized carbons (Fsp3) is 0.222. The van der Waals surface area contributed by atoms with Gasteiger partial charge in [-0.25, -0.2) is 8.78 Å². The van der Waals surface area contributed by atoms with Crippen LogP contribution in [0.5, 0.6) is 0 Å². The Morgan fingerprint density at radius 1 is 1.00 bits per heavy atom. The van der Waals surface area contributed by atoms with Crippen molar-refractivity contribution in [3.63, 3.8) is 0 Å². The summed E-state index contributed by atoms with van der Waals surface area (Å²) in [7, 11) is 0. The van der Waals surface area contributed by atoms with Gasteiger partial charge in [-0.2, -0.15) is 0 Å². The zero-order chi connectivity index (χ0) is 13.8. The van der Waals surface area contributed by atoms with Crippen molar-refractivity contribution < 1.29 is 8.78 Å². The number of halogens is 2. The molecule has 0 atom stereocenters. The van der Waals surface area contributed by atoms with Gasteiger partial charge in [-0.3, -0.25) is 0 Å². The molecule has 2 heteroatoms. The zero-order valence-corrected chi connectivity index (χ0v) is 10.9. The van der Waals surface area contributed by atoms with Crippen molar-refractivity contribution >= 4 is 0 Å². The molecule has 2 rings (SSSR count). The molecule has 0 saturated heterocycles. The molecule has 0 saturated carbocycles. The van der Waals surface area contributed by atoms with Crippen molar-refractivity contribution in [1.29, 1.82) is 0 Å². The van der Waals surface area contributed by atoms with Gasteiger partial charge in [0.25, 0.3) is 0 Å². The molecule has 0 radical (unpaired) electrons. The van der Waals surface area contributed by atoms with Gasteiger partial charge in [-0.05, 0) is 36.5 Å². The average molecular weight is 274 g/mol. The van der Waals surface area contributed by atoms with E-state index < -0.39 is 11.6 Å². The summed E-state index contributed by atoms with van der Waals surface area (Å²) in [5.74, 6) is -1.55. The summed E-state index contributed by atoms with van der Waals surface area (Å²) < 4.78 is 27.4. The van der Waals surface area contributed by atoms with Crippen LogP contribution in [0.25, 0.3) is 11.1 Å². The lowest BCUT2D eigenvalue weighted by molar-refractivity contribution is 0.505. The third kappa shape index (κ3) is 3.32. The van der Waals surface area contributed by atoms with Gasteiger partial charge in [0.15, 0.2) is 11.6 Å². The number of hydrogen-bond donors (Lipinski definition) is 0. The molecule has 0 aliphatic heterocycles. The molecule has 106 valence electrons. The number of rotatable bonds is 4. The van der Waals surface area contributed by atoms with Crippen molar-refractivity contribution in [3.8, 4) is 11.1 Å². The highest BCUT2D eigenvalue weighted by atomic mass is 19.2. The third-order valence-electron chi connectivity index (χ3n) is 3.18. The first-order valence-corrected chi connectivity index (χ1v) is 6.28. The monoisotopic (exact) mass is 274 g/mol. The van der Waals surface area contributed by atoms with E-state index in [0.717, 1.165) is 18.4 Å². The lowest BCUT2D eigenvalue weighted by atomic mass is 10.0. The molecule has 0 aromatic heterocycles. The number of hydrogen-bond acceptors (Lipinski definition) is 0. The Kier molecular flexibility index (Phi) is 5.63. The van der Waals surface area contributed by atoms with Crippen LogP contribution in [-0.4, -0.2) is 0 Å². The predicted molar refractivity (Wildman–Crippen MR) is 81.8 cm³/mol. The Morgan fingerprint density at radius 3 is 2.25 bits per heavy atom. The van der Waals surface area contributed by atoms with Crippen LogP contribution < -0.4 is 0 Å². The first-order chi connectivity index (χ1) is 9.13. The summed E-state index contributed by atoms with van der Waals surface area (Å²) in [5, 5.41) is 0. The highest BCUT2D eigenvalue weighted by molar-refractivity contribution is 5.65. The maximum Gasteiger partial charge on any atom is 0.166 e. The summed E-state index contributed by atoms with van der Waals surface area (Å²) in [6.07, 6.45) is 3.68. The summed E-state index contributed by atoms with van der Waals surface area (Å²) in [5.41, 5.74) is 2.48. The minimum atomic E-state index is -0.779. The quantitative estimate of drug-likeness (QED) is 0.628. The smallest absolute Gasteiger partial charge is 0.166 e. The van der Waals surface area contributed by atoms with Gasteiger partial charge in [0, 0.05) is 5.56 Å². The van der Waals surface area contributed by atoms with E-state index in [-0.39, 0.29) is 7.43 Å². The Labute approximate surface area is 119 Å². The molecule has 2 aromatic rings. The van der Waals surface area contributed by atoms with Crippen LogP contribution in [0.15, 0.2) is 49.1 Å². The standard InChI is InChI=1S/C17H16F2.CH4/c1-3-4-5-13-7-9-14(10-8-13)15-11-6-12(2)16(18)17(15)19;/h3,6-11H,1,4-5H2,2H3;1H4. The zero-order valence-electron chi connectivity index (χ0n) is 10.9. The molecule has 0 aliphatic carbocycles. The lowest BCUT2D eigenvalue weighted by Gasteiger charge is -2.07. The lowest BCUT2D eigenvalue weighted by Crippen LogP contribution is -1.93. The Hall–Kier alpha value is -1.96. The molecule has 0 heterocycles. The molecular formula is C18H20F2. The van der Waals surface area contributed by atoms with Gasteiger partial charge < -0.3 is 0 Å². The Bertz CT molecular complexity index is 583. The van der Waals surface area contributed by atoms with Crippen molar-refractivity contribution in [2.45, 2.75) is 27.2 Å². The van der Waals surface area contributed by atoms with Gasteiger partial charge in [0.05, 0.1) is 0 Å². The van der Waals surface area contributed by atoms with Crippen LogP contribution >= 0.6 is 0 Å². The number of allylic oxidation sites excluding steroid dienone is 1. The molecule has 20 heavy (non-hydrogen) atoms. The first-order valence-electron chi connectivity index (χ1n) is 6.28. The van der Waals surface area contributed by atoms with Crippen molar-refractivity contribution in [2.75, 3.05) is 0 Å². The number of aryl methyl sites for hydroxylation is 2. The average Bonchev–Trinajstić information content (AvgIpc) is 2.44. The second kappa shape index (κ2) is 6.99. The van der Waals surface area contributed by atoms with Gasteiger partial charge in [-0.1, -0.05) is 49.9 Å². The van der Waals surface area contributed by atoms with E-state index in [4.69, 9.17) is 0 Å². The topological polar surface area (TPSA) is 0 Å². The second-order valence-corrected chi connectivity index (χ2v) is 4.58. The van der Waals surface area contributed by atoms with Crippen LogP contribution in [0, 0.1) is 18.6 Å². The van der Waals surface area contributed by atoms with Crippen LogP contribution in [0.1, 0.15) is 25.0 Å². The first kappa shape index (κ1) is 16.1. The summed E-state index contributed by atoms with van der Waals surface area (Å²) in [6, 6.07) is 10.7. The van der Waals surface area contributed by atoms with Crippen LogP contribution in [0.4, 0.5) is 8.78 Å². The molecule has 0 unspecified atom stereocenters. The van der Waals surface area contributed by atoms with E-state index >= 15 is 0 Å². The molecule has 0 nitrogen and oxygen atoms in total. The molecule has 0 amide bonds. The van der Waals surface area contributed by atoms with E-state index in [9.17, 15) is 8.78 Å². The fourth-order valence-electron chi connectivity index (χ4n) is 1.99. The van der Waals surface area contributed by atoms with Gasteiger partial charge in [-0.15, -0.1) is 6.58 Å². The number of benzene rings is 2. The molecule has 2 aromatic carbocycles. The third-order valence-corrected chi connectivity index (χ3v) is 3.18. The van der Waals surface area contributed by atoms with E-state index in [1.54, 1.807) is 19.1 Å². The van der Waals surface area contributed by atoms with Crippen LogP contribution in [0.2, 0.25) is 0 Å². The normalized spacial score (nSPS) is 9.95. The van der Waals surface area contributed by atoms with E-state index in [0.29, 0.717) is 16.7 Å². The van der Waals surface area contributed by atoms with Crippen molar-refractivity contribution in [3.05, 3.63) is 71.8 Å². The minimum absolute atomic E-state index is 0. The van der Waals surface area contributed by atoms with Gasteiger partial charge in [0.2, 0.25) is 0 Å². The maximum absolute atomic E-state index is 13.9. The summed E-state index contributed by atoms with van der Waals surface area (Å²) >= 11 is 0. The van der Waals surface area contributed by atoms with Crippen LogP contribution in [-0.2, 0) is 6.42 Å². The molecule has 0 bridgehead atoms. The second-order valence-electron chi connectivity index (χ2n) is 4.58. The summed E-state index contributed by atoms with van der Waals surface area (Å²) in [4.78, 5) is 0. The van der Waals surface area contributed by atoms with Gasteiger partial charge >= 0.3 is 0 Å². The molecule has 0 aliphatic rings. The van der Waals surface area contributed by atoms with E-state index in [1.165, 1.54) is 0 Å². The van der Waals surface area contributed by atoms with Crippen LogP contribution in [0.3, 0.4) is 0 Å². The SMILES string of the molecule is C.C=CCCc1ccc(-c2ccc(C)c(F)c2F)cc1. The molecule has 0 N–H and O–H groups in total. The summed E-state index contributed by atoms with van der Waals surface area (Å²) in [6.45, 7) is 5.24. The Morgan fingerprint density at radius 2 is 1.65 bits per heavy atom. The molecule has 0 fully saturated rings. The van der Waals surface area contributed by atoms with Crippen molar-refractivity contribution in [1.82, 2.24) is 0 Å². The highest BCUT2D eigenvalue weighted by Gasteiger charge is 2.12.